The van der Waals surface area contributed by atoms with Crippen LogP contribution in [0.2, 0.25) is 0 Å². The van der Waals surface area contributed by atoms with Gasteiger partial charge < -0.3 is 15.4 Å². The number of nitriles is 1. The molecule has 1 atom stereocenters. The quantitative estimate of drug-likeness (QED) is 0.667. The minimum atomic E-state index is -0.679. The first-order valence-corrected chi connectivity index (χ1v) is 11.4. The molecule has 4 aliphatic rings. The van der Waals surface area contributed by atoms with E-state index in [0.717, 1.165) is 29.1 Å². The molecule has 4 bridgehead atoms. The van der Waals surface area contributed by atoms with Crippen LogP contribution in [0.5, 0.6) is 5.75 Å². The Kier molecular flexibility index (Phi) is 5.09. The summed E-state index contributed by atoms with van der Waals surface area (Å²) in [7, 11) is 0. The molecule has 2 aromatic rings. The third-order valence-corrected chi connectivity index (χ3v) is 7.27. The Balaban J connectivity index is 1.28. The second-order valence-corrected chi connectivity index (χ2v) is 9.76. The lowest BCUT2D eigenvalue weighted by Crippen LogP contribution is -2.54. The zero-order chi connectivity index (χ0) is 21.4. The number of ether oxygens (including phenoxy) is 1. The lowest BCUT2D eigenvalue weighted by atomic mass is 9.53. The Bertz CT molecular complexity index is 990. The van der Waals surface area contributed by atoms with Crippen LogP contribution in [0, 0.1) is 29.1 Å². The van der Waals surface area contributed by atoms with Crippen LogP contribution in [-0.2, 0) is 4.79 Å². The Hall–Kier alpha value is -3.00. The molecule has 0 saturated heterocycles. The Morgan fingerprint density at radius 3 is 2.32 bits per heavy atom. The first-order chi connectivity index (χ1) is 15.0. The van der Waals surface area contributed by atoms with Crippen molar-refractivity contribution in [1.29, 1.82) is 5.26 Å². The number of hydrogen-bond acceptors (Lipinski definition) is 4. The Labute approximate surface area is 183 Å². The van der Waals surface area contributed by atoms with Gasteiger partial charge in [0.2, 0.25) is 0 Å². The fourth-order valence-corrected chi connectivity index (χ4v) is 6.38. The fraction of sp³-hybridized carbons (Fsp3) is 0.462. The van der Waals surface area contributed by atoms with E-state index >= 15 is 0 Å². The van der Waals surface area contributed by atoms with E-state index in [-0.39, 0.29) is 11.4 Å². The van der Waals surface area contributed by atoms with Crippen LogP contribution in [-0.4, -0.2) is 17.6 Å². The minimum Gasteiger partial charge on any atom is -0.481 e. The van der Waals surface area contributed by atoms with Gasteiger partial charge in [-0.1, -0.05) is 18.2 Å². The number of rotatable bonds is 6. The van der Waals surface area contributed by atoms with Crippen molar-refractivity contribution in [2.75, 3.05) is 10.6 Å². The van der Waals surface area contributed by atoms with Gasteiger partial charge in [0.05, 0.1) is 23.0 Å². The molecule has 6 rings (SSSR count). The molecule has 31 heavy (non-hydrogen) atoms. The van der Waals surface area contributed by atoms with Crippen LogP contribution in [0.15, 0.2) is 48.5 Å². The average molecular weight is 416 g/mol. The van der Waals surface area contributed by atoms with Crippen LogP contribution in [0.1, 0.15) is 51.0 Å². The third-order valence-electron chi connectivity index (χ3n) is 7.27. The van der Waals surface area contributed by atoms with Gasteiger partial charge in [-0.25, -0.2) is 0 Å². The SMILES string of the molecule is CC(Oc1cccc(C#N)c1)C(=O)Nc1ccccc1NC12CC3CC(CC(C3)C1)C2. The molecule has 1 unspecified atom stereocenters. The van der Waals surface area contributed by atoms with Gasteiger partial charge in [-0.05, 0) is 93.5 Å². The molecule has 1 amide bonds. The van der Waals surface area contributed by atoms with Crippen LogP contribution < -0.4 is 15.4 Å². The molecule has 5 nitrogen and oxygen atoms in total. The normalized spacial score (nSPS) is 29.1. The molecular formula is C26H29N3O2. The molecule has 0 spiro atoms. The summed E-state index contributed by atoms with van der Waals surface area (Å²) in [5, 5.41) is 16.0. The molecule has 2 aromatic carbocycles. The van der Waals surface area contributed by atoms with Crippen LogP contribution in [0.4, 0.5) is 11.4 Å². The lowest BCUT2D eigenvalue weighted by Gasteiger charge is -2.57. The maximum atomic E-state index is 12.9. The molecule has 4 fully saturated rings. The number of hydrogen-bond donors (Lipinski definition) is 2. The highest BCUT2D eigenvalue weighted by molar-refractivity contribution is 5.97. The monoisotopic (exact) mass is 415 g/mol. The van der Waals surface area contributed by atoms with Crippen molar-refractivity contribution >= 4 is 17.3 Å². The van der Waals surface area contributed by atoms with Crippen molar-refractivity contribution in [3.8, 4) is 11.8 Å². The molecule has 0 heterocycles. The van der Waals surface area contributed by atoms with E-state index in [4.69, 9.17) is 10.00 Å². The van der Waals surface area contributed by atoms with E-state index in [0.29, 0.717) is 11.3 Å². The van der Waals surface area contributed by atoms with Gasteiger partial charge in [0.25, 0.3) is 5.91 Å². The summed E-state index contributed by atoms with van der Waals surface area (Å²) in [5.41, 5.74) is 2.48. The Morgan fingerprint density at radius 2 is 1.68 bits per heavy atom. The molecule has 4 saturated carbocycles. The minimum absolute atomic E-state index is 0.176. The number of para-hydroxylation sites is 2. The van der Waals surface area contributed by atoms with E-state index in [1.807, 2.05) is 18.2 Å². The number of amides is 1. The van der Waals surface area contributed by atoms with Crippen LogP contribution in [0.25, 0.3) is 0 Å². The molecule has 0 aromatic heterocycles. The summed E-state index contributed by atoms with van der Waals surface area (Å²) in [6.45, 7) is 1.73. The largest absolute Gasteiger partial charge is 0.481 e. The van der Waals surface area contributed by atoms with Gasteiger partial charge in [-0.15, -0.1) is 0 Å². The summed E-state index contributed by atoms with van der Waals surface area (Å²) in [5.74, 6) is 2.89. The number of benzene rings is 2. The van der Waals surface area contributed by atoms with Gasteiger partial charge in [0.1, 0.15) is 5.75 Å². The van der Waals surface area contributed by atoms with Crippen molar-refractivity contribution < 1.29 is 9.53 Å². The summed E-state index contributed by atoms with van der Waals surface area (Å²) >= 11 is 0. The molecule has 0 aliphatic heterocycles. The predicted molar refractivity (Wildman–Crippen MR) is 121 cm³/mol. The second-order valence-electron chi connectivity index (χ2n) is 9.76. The molecule has 2 N–H and O–H groups in total. The molecular weight excluding hydrogens is 386 g/mol. The number of nitrogens with zero attached hydrogens (tertiary/aromatic N) is 1. The van der Waals surface area contributed by atoms with Crippen LogP contribution >= 0.6 is 0 Å². The second kappa shape index (κ2) is 7.92. The van der Waals surface area contributed by atoms with Gasteiger partial charge in [0, 0.05) is 5.54 Å². The third kappa shape index (κ3) is 4.12. The highest BCUT2D eigenvalue weighted by Crippen LogP contribution is 2.56. The van der Waals surface area contributed by atoms with Gasteiger partial charge >= 0.3 is 0 Å². The van der Waals surface area contributed by atoms with E-state index in [2.05, 4.69) is 22.8 Å². The average Bonchev–Trinajstić information content (AvgIpc) is 2.74. The maximum absolute atomic E-state index is 12.9. The number of nitrogens with one attached hydrogen (secondary N) is 2. The van der Waals surface area contributed by atoms with Gasteiger partial charge in [-0.2, -0.15) is 5.26 Å². The topological polar surface area (TPSA) is 74.1 Å². The molecule has 0 radical (unpaired) electrons. The number of carbonyl (C=O) groups excluding carboxylic acids is 1. The first-order valence-electron chi connectivity index (χ1n) is 11.4. The zero-order valence-electron chi connectivity index (χ0n) is 17.9. The number of carbonyl (C=O) groups is 1. The van der Waals surface area contributed by atoms with E-state index in [9.17, 15) is 4.79 Å². The van der Waals surface area contributed by atoms with Crippen molar-refractivity contribution in [3.63, 3.8) is 0 Å². The molecule has 4 aliphatic carbocycles. The van der Waals surface area contributed by atoms with Crippen molar-refractivity contribution in [2.24, 2.45) is 17.8 Å². The van der Waals surface area contributed by atoms with E-state index < -0.39 is 6.10 Å². The highest BCUT2D eigenvalue weighted by Gasteiger charge is 2.51. The summed E-state index contributed by atoms with van der Waals surface area (Å²) in [4.78, 5) is 12.9. The van der Waals surface area contributed by atoms with Gasteiger partial charge in [0.15, 0.2) is 6.10 Å². The molecule has 160 valence electrons. The van der Waals surface area contributed by atoms with E-state index in [1.165, 1.54) is 38.5 Å². The summed E-state index contributed by atoms with van der Waals surface area (Å²) in [6, 6.07) is 16.9. The zero-order valence-corrected chi connectivity index (χ0v) is 17.9. The standard InChI is InChI=1S/C26H29N3O2/c1-17(31-22-6-4-5-18(12-22)16-27)25(30)28-23-7-2-3-8-24(23)29-26-13-19-9-20(14-26)11-21(10-19)15-26/h2-8,12,17,19-21,29H,9-11,13-15H2,1H3,(H,28,30). The predicted octanol–water partition coefficient (Wildman–Crippen LogP) is 5.34. The maximum Gasteiger partial charge on any atom is 0.265 e. The van der Waals surface area contributed by atoms with E-state index in [1.54, 1.807) is 31.2 Å². The smallest absolute Gasteiger partial charge is 0.265 e. The highest BCUT2D eigenvalue weighted by atomic mass is 16.5. The number of anilines is 2. The van der Waals surface area contributed by atoms with Crippen molar-refractivity contribution in [2.45, 2.75) is 57.1 Å². The Morgan fingerprint density at radius 1 is 1.03 bits per heavy atom. The summed E-state index contributed by atoms with van der Waals surface area (Å²) in [6.07, 6.45) is 7.27. The first kappa shape index (κ1) is 19.9. The fourth-order valence-electron chi connectivity index (χ4n) is 6.38. The van der Waals surface area contributed by atoms with Crippen molar-refractivity contribution in [3.05, 3.63) is 54.1 Å². The molecule has 5 heteroatoms. The van der Waals surface area contributed by atoms with Gasteiger partial charge in [-0.3, -0.25) is 4.79 Å². The van der Waals surface area contributed by atoms with Crippen molar-refractivity contribution in [1.82, 2.24) is 0 Å². The lowest BCUT2D eigenvalue weighted by molar-refractivity contribution is -0.122. The van der Waals surface area contributed by atoms with Crippen LogP contribution in [0.3, 0.4) is 0 Å². The summed E-state index contributed by atoms with van der Waals surface area (Å²) < 4.78 is 5.78.